The Balaban J connectivity index is 2.21. The van der Waals surface area contributed by atoms with Crippen molar-refractivity contribution in [2.75, 3.05) is 6.61 Å². The fraction of sp³-hybridized carbons (Fsp3) is 0.278. The van der Waals surface area contributed by atoms with E-state index in [0.717, 1.165) is 11.1 Å². The number of halogens is 1. The van der Waals surface area contributed by atoms with Crippen LogP contribution in [0.3, 0.4) is 0 Å². The van der Waals surface area contributed by atoms with Crippen LogP contribution >= 0.6 is 11.6 Å². The first-order valence-electron chi connectivity index (χ1n) is 7.68. The molecule has 1 aromatic carbocycles. The molecule has 0 fully saturated rings. The maximum atomic E-state index is 11.6. The van der Waals surface area contributed by atoms with E-state index in [9.17, 15) is 4.79 Å². The van der Waals surface area contributed by atoms with Crippen LogP contribution in [0.4, 0.5) is 0 Å². The van der Waals surface area contributed by atoms with Crippen LogP contribution in [0.15, 0.2) is 30.3 Å². The van der Waals surface area contributed by atoms with E-state index in [1.165, 1.54) is 0 Å². The number of pyridine rings is 1. The Morgan fingerprint density at radius 1 is 1.38 bits per heavy atom. The Bertz CT molecular complexity index is 775. The number of aromatic nitrogens is 1. The van der Waals surface area contributed by atoms with Gasteiger partial charge in [-0.3, -0.25) is 4.79 Å². The number of rotatable bonds is 7. The minimum absolute atomic E-state index is 0.172. The minimum Gasteiger partial charge on any atom is -0.477 e. The lowest BCUT2D eigenvalue weighted by Gasteiger charge is -2.13. The van der Waals surface area contributed by atoms with E-state index in [2.05, 4.69) is 4.98 Å². The largest absolute Gasteiger partial charge is 0.477 e. The van der Waals surface area contributed by atoms with Crippen molar-refractivity contribution in [3.05, 3.63) is 57.7 Å². The van der Waals surface area contributed by atoms with Crippen LogP contribution in [0.2, 0.25) is 5.02 Å². The minimum atomic E-state index is -0.593. The number of ether oxygens (including phenoxy) is 1. The fourth-order valence-corrected chi connectivity index (χ4v) is 2.56. The van der Waals surface area contributed by atoms with Gasteiger partial charge in [0.2, 0.25) is 5.88 Å². The van der Waals surface area contributed by atoms with Gasteiger partial charge in [-0.2, -0.15) is 0 Å². The molecule has 3 N–H and O–H groups in total. The van der Waals surface area contributed by atoms with Gasteiger partial charge < -0.3 is 15.9 Å². The van der Waals surface area contributed by atoms with Crippen molar-refractivity contribution in [1.29, 1.82) is 5.41 Å². The Labute approximate surface area is 146 Å². The molecule has 0 aliphatic carbocycles. The summed E-state index contributed by atoms with van der Waals surface area (Å²) < 4.78 is 5.79. The molecular formula is C18H20ClN3O2. The number of nitrogens with one attached hydrogen (secondary N) is 1. The van der Waals surface area contributed by atoms with Crippen molar-refractivity contribution >= 4 is 23.2 Å². The molecule has 1 heterocycles. The molecule has 0 aliphatic rings. The molecule has 2 rings (SSSR count). The summed E-state index contributed by atoms with van der Waals surface area (Å²) in [4.78, 5) is 15.9. The molecule has 0 saturated carbocycles. The first kappa shape index (κ1) is 17.9. The van der Waals surface area contributed by atoms with E-state index >= 15 is 0 Å². The number of carbonyl (C=O) groups excluding carboxylic acids is 1. The van der Waals surface area contributed by atoms with Gasteiger partial charge >= 0.3 is 0 Å². The van der Waals surface area contributed by atoms with Crippen LogP contribution in [0.5, 0.6) is 5.88 Å². The standard InChI is InChI=1S/C18H20ClN3O2/c1-3-13-10-15(17(21)23)16(11(2)20)22-18(13)24-8-7-12-5-4-6-14(19)9-12/h4-6,9-10,20H,3,7-8H2,1-2H3,(H2,21,23). The SMILES string of the molecule is CCc1cc(C(N)=O)c(C(C)=N)nc1OCCc1cccc(Cl)c1. The van der Waals surface area contributed by atoms with Crippen molar-refractivity contribution < 1.29 is 9.53 Å². The van der Waals surface area contributed by atoms with E-state index in [4.69, 9.17) is 27.5 Å². The predicted molar refractivity (Wildman–Crippen MR) is 95.3 cm³/mol. The van der Waals surface area contributed by atoms with E-state index in [1.54, 1.807) is 13.0 Å². The van der Waals surface area contributed by atoms with Crippen LogP contribution in [-0.4, -0.2) is 23.2 Å². The van der Waals surface area contributed by atoms with Gasteiger partial charge in [0, 0.05) is 17.0 Å². The molecule has 0 spiro atoms. The van der Waals surface area contributed by atoms with Crippen LogP contribution in [0.1, 0.15) is 41.0 Å². The maximum Gasteiger partial charge on any atom is 0.250 e. The number of hydrogen-bond acceptors (Lipinski definition) is 4. The lowest BCUT2D eigenvalue weighted by atomic mass is 10.1. The van der Waals surface area contributed by atoms with Gasteiger partial charge in [0.05, 0.1) is 17.9 Å². The van der Waals surface area contributed by atoms with Crippen LogP contribution in [0, 0.1) is 5.41 Å². The zero-order valence-electron chi connectivity index (χ0n) is 13.7. The lowest BCUT2D eigenvalue weighted by Crippen LogP contribution is -2.18. The molecule has 1 aromatic heterocycles. The van der Waals surface area contributed by atoms with Gasteiger partial charge in [-0.25, -0.2) is 4.98 Å². The average Bonchev–Trinajstić information content (AvgIpc) is 2.54. The van der Waals surface area contributed by atoms with Crippen molar-refractivity contribution in [2.24, 2.45) is 5.73 Å². The third kappa shape index (κ3) is 4.32. The summed E-state index contributed by atoms with van der Waals surface area (Å²) in [6.07, 6.45) is 1.33. The number of carbonyl (C=O) groups is 1. The van der Waals surface area contributed by atoms with Gasteiger partial charge in [-0.15, -0.1) is 0 Å². The summed E-state index contributed by atoms with van der Waals surface area (Å²) in [7, 11) is 0. The lowest BCUT2D eigenvalue weighted by molar-refractivity contribution is 0.0999. The van der Waals surface area contributed by atoms with Crippen LogP contribution in [0.25, 0.3) is 0 Å². The molecule has 0 aliphatic heterocycles. The average molecular weight is 346 g/mol. The Morgan fingerprint density at radius 2 is 2.12 bits per heavy atom. The smallest absolute Gasteiger partial charge is 0.250 e. The van der Waals surface area contributed by atoms with Crippen LogP contribution in [-0.2, 0) is 12.8 Å². The quantitative estimate of drug-likeness (QED) is 0.753. The first-order chi connectivity index (χ1) is 11.4. The summed E-state index contributed by atoms with van der Waals surface area (Å²) in [6.45, 7) is 3.94. The maximum absolute atomic E-state index is 11.6. The molecule has 24 heavy (non-hydrogen) atoms. The Kier molecular flexibility index (Phi) is 5.93. The zero-order valence-corrected chi connectivity index (χ0v) is 14.5. The van der Waals surface area contributed by atoms with Gasteiger partial charge in [-0.05, 0) is 37.1 Å². The molecule has 1 amide bonds. The number of primary amides is 1. The molecule has 0 saturated heterocycles. The highest BCUT2D eigenvalue weighted by atomic mass is 35.5. The summed E-state index contributed by atoms with van der Waals surface area (Å²) in [5.74, 6) is -0.157. The molecule has 0 unspecified atom stereocenters. The number of amides is 1. The van der Waals surface area contributed by atoms with Gasteiger partial charge in [-0.1, -0.05) is 30.7 Å². The molecule has 5 nitrogen and oxygen atoms in total. The number of benzene rings is 1. The summed E-state index contributed by atoms with van der Waals surface area (Å²) in [5.41, 5.74) is 7.93. The third-order valence-electron chi connectivity index (χ3n) is 3.58. The first-order valence-corrected chi connectivity index (χ1v) is 8.06. The number of nitrogens with two attached hydrogens (primary N) is 1. The molecule has 126 valence electrons. The van der Waals surface area contributed by atoms with Gasteiger partial charge in [0.25, 0.3) is 5.91 Å². The monoisotopic (exact) mass is 345 g/mol. The molecule has 6 heteroatoms. The summed E-state index contributed by atoms with van der Waals surface area (Å²) >= 11 is 5.97. The number of nitrogens with zero attached hydrogens (tertiary/aromatic N) is 1. The highest BCUT2D eigenvalue weighted by molar-refractivity contribution is 6.30. The normalized spacial score (nSPS) is 10.5. The van der Waals surface area contributed by atoms with Crippen molar-refractivity contribution in [3.63, 3.8) is 0 Å². The Morgan fingerprint density at radius 3 is 2.71 bits per heavy atom. The summed E-state index contributed by atoms with van der Waals surface area (Å²) in [6, 6.07) is 9.25. The van der Waals surface area contributed by atoms with Crippen molar-refractivity contribution in [2.45, 2.75) is 26.7 Å². The van der Waals surface area contributed by atoms with Crippen molar-refractivity contribution in [3.8, 4) is 5.88 Å². The summed E-state index contributed by atoms with van der Waals surface area (Å²) in [5, 5.41) is 8.48. The predicted octanol–water partition coefficient (Wildman–Crippen LogP) is 3.41. The topological polar surface area (TPSA) is 89.1 Å². The van der Waals surface area contributed by atoms with Gasteiger partial charge in [0.1, 0.15) is 5.69 Å². The van der Waals surface area contributed by atoms with Gasteiger partial charge in [0.15, 0.2) is 0 Å². The second kappa shape index (κ2) is 7.93. The Hall–Kier alpha value is -2.40. The van der Waals surface area contributed by atoms with E-state index in [1.807, 2.05) is 31.2 Å². The second-order valence-corrected chi connectivity index (χ2v) is 5.86. The van der Waals surface area contributed by atoms with Crippen molar-refractivity contribution in [1.82, 2.24) is 4.98 Å². The highest BCUT2D eigenvalue weighted by Crippen LogP contribution is 2.21. The van der Waals surface area contributed by atoms with E-state index in [0.29, 0.717) is 30.4 Å². The van der Waals surface area contributed by atoms with Crippen LogP contribution < -0.4 is 10.5 Å². The third-order valence-corrected chi connectivity index (χ3v) is 3.82. The number of aryl methyl sites for hydroxylation is 1. The number of hydrogen-bond donors (Lipinski definition) is 2. The van der Waals surface area contributed by atoms with E-state index in [-0.39, 0.29) is 17.0 Å². The van der Waals surface area contributed by atoms with E-state index < -0.39 is 5.91 Å². The zero-order chi connectivity index (χ0) is 17.7. The molecule has 0 bridgehead atoms. The molecular weight excluding hydrogens is 326 g/mol. The molecule has 0 atom stereocenters. The fourth-order valence-electron chi connectivity index (χ4n) is 2.35. The molecule has 0 radical (unpaired) electrons. The second-order valence-electron chi connectivity index (χ2n) is 5.42. The molecule has 2 aromatic rings. The highest BCUT2D eigenvalue weighted by Gasteiger charge is 2.17.